The van der Waals surface area contributed by atoms with E-state index in [4.69, 9.17) is 50.1 Å². The van der Waals surface area contributed by atoms with Gasteiger partial charge in [0.2, 0.25) is 0 Å². The molecular formula is C43H71N3O13S. The summed E-state index contributed by atoms with van der Waals surface area (Å²) >= 11 is 5.56. The minimum Gasteiger partial charge on any atom is -0.462 e. The van der Waals surface area contributed by atoms with Crippen LogP contribution in [0.3, 0.4) is 0 Å². The summed E-state index contributed by atoms with van der Waals surface area (Å²) in [6.07, 6.45) is -3.01. The zero-order valence-electron chi connectivity index (χ0n) is 37.9. The number of imidazole rings is 1. The van der Waals surface area contributed by atoms with Crippen LogP contribution in [0.2, 0.25) is 0 Å². The molecule has 3 aliphatic heterocycles. The molecule has 0 amide bonds. The van der Waals surface area contributed by atoms with Crippen LogP contribution < -0.4 is 0 Å². The van der Waals surface area contributed by atoms with Crippen LogP contribution in [0.1, 0.15) is 102 Å². The summed E-state index contributed by atoms with van der Waals surface area (Å²) in [6, 6.07) is -0.307. The van der Waals surface area contributed by atoms with Crippen molar-refractivity contribution in [2.24, 2.45) is 29.6 Å². The molecule has 0 unspecified atom stereocenters. The Morgan fingerprint density at radius 1 is 0.983 bits per heavy atom. The summed E-state index contributed by atoms with van der Waals surface area (Å²) in [7, 11) is 5.31. The second-order valence-corrected chi connectivity index (χ2v) is 18.5. The summed E-state index contributed by atoms with van der Waals surface area (Å²) in [5.74, 6) is -5.38. The second kappa shape index (κ2) is 20.7. The molecule has 4 heterocycles. The number of hydrogen-bond donors (Lipinski definition) is 2. The number of Topliss-reactive ketones (excluding diaryl/α,β-unsaturated/α-hetero) is 1. The molecule has 0 aliphatic carbocycles. The Balaban J connectivity index is 1.82. The third kappa shape index (κ3) is 11.5. The van der Waals surface area contributed by atoms with Gasteiger partial charge in [0.1, 0.15) is 23.8 Å². The average molecular weight is 870 g/mol. The van der Waals surface area contributed by atoms with Crippen molar-refractivity contribution >= 4 is 35.1 Å². The maximum Gasteiger partial charge on any atom is 0.311 e. The number of rotatable bonds is 9. The summed E-state index contributed by atoms with van der Waals surface area (Å²) < 4.78 is 52.6. The minimum atomic E-state index is -1.78. The molecule has 16 nitrogen and oxygen atoms in total. The quantitative estimate of drug-likeness (QED) is 0.264. The van der Waals surface area contributed by atoms with Crippen LogP contribution in [0.25, 0.3) is 0 Å². The Morgan fingerprint density at radius 2 is 1.65 bits per heavy atom. The maximum atomic E-state index is 14.4. The summed E-state index contributed by atoms with van der Waals surface area (Å²) in [5, 5.41) is 24.3. The lowest BCUT2D eigenvalue weighted by Gasteiger charge is -2.49. The third-order valence-electron chi connectivity index (χ3n) is 13.0. The van der Waals surface area contributed by atoms with E-state index >= 15 is 0 Å². The van der Waals surface area contributed by atoms with Crippen molar-refractivity contribution < 1.29 is 62.5 Å². The topological polar surface area (TPSA) is 187 Å². The van der Waals surface area contributed by atoms with Gasteiger partial charge < -0.3 is 53.0 Å². The molecular weight excluding hydrogens is 799 g/mol. The molecule has 0 saturated carbocycles. The number of hydrogen-bond acceptors (Lipinski definition) is 16. The van der Waals surface area contributed by atoms with Crippen molar-refractivity contribution in [1.29, 1.82) is 0 Å². The fraction of sp³-hybridized carbons (Fsp3) is 0.837. The van der Waals surface area contributed by atoms with Crippen LogP contribution in [0, 0.1) is 29.6 Å². The average Bonchev–Trinajstić information content (AvgIpc) is 3.73. The van der Waals surface area contributed by atoms with Crippen LogP contribution in [-0.2, 0) is 52.3 Å². The summed E-state index contributed by atoms with van der Waals surface area (Å²) in [6.45, 7) is 18.9. The monoisotopic (exact) mass is 869 g/mol. The van der Waals surface area contributed by atoms with Crippen molar-refractivity contribution in [2.45, 2.75) is 181 Å². The smallest absolute Gasteiger partial charge is 0.311 e. The van der Waals surface area contributed by atoms with Gasteiger partial charge in [-0.25, -0.2) is 4.98 Å². The molecule has 0 spiro atoms. The number of cyclic esters (lactones) is 1. The van der Waals surface area contributed by atoms with Crippen LogP contribution in [0.15, 0.2) is 18.7 Å². The fourth-order valence-corrected chi connectivity index (χ4v) is 9.62. The van der Waals surface area contributed by atoms with E-state index < -0.39 is 108 Å². The Kier molecular flexibility index (Phi) is 17.3. The lowest BCUT2D eigenvalue weighted by atomic mass is 9.74. The summed E-state index contributed by atoms with van der Waals surface area (Å²) in [4.78, 5) is 46.9. The molecule has 3 saturated heterocycles. The van der Waals surface area contributed by atoms with Gasteiger partial charge in [-0.05, 0) is 80.2 Å². The van der Waals surface area contributed by atoms with E-state index in [9.17, 15) is 24.6 Å². The van der Waals surface area contributed by atoms with Gasteiger partial charge >= 0.3 is 11.9 Å². The molecule has 0 bridgehead atoms. The number of methoxy groups -OCH3 is 1. The van der Waals surface area contributed by atoms with E-state index in [-0.39, 0.29) is 35.9 Å². The Morgan fingerprint density at radius 3 is 2.22 bits per heavy atom. The minimum absolute atomic E-state index is 0.0821. The van der Waals surface area contributed by atoms with Gasteiger partial charge in [0.15, 0.2) is 24.8 Å². The molecule has 4 rings (SSSR count). The number of aromatic nitrogens is 2. The van der Waals surface area contributed by atoms with Crippen molar-refractivity contribution in [1.82, 2.24) is 14.5 Å². The lowest BCUT2D eigenvalue weighted by Crippen LogP contribution is -2.61. The van der Waals surface area contributed by atoms with Crippen molar-refractivity contribution in [3.05, 3.63) is 18.7 Å². The zero-order valence-corrected chi connectivity index (χ0v) is 38.7. The van der Waals surface area contributed by atoms with Crippen LogP contribution in [0.4, 0.5) is 0 Å². The van der Waals surface area contributed by atoms with E-state index in [1.54, 1.807) is 65.6 Å². The number of ketones is 1. The number of esters is 2. The van der Waals surface area contributed by atoms with Gasteiger partial charge in [-0.1, -0.05) is 34.6 Å². The third-order valence-corrected chi connectivity index (χ3v) is 13.3. The van der Waals surface area contributed by atoms with E-state index in [2.05, 4.69) is 4.98 Å². The highest BCUT2D eigenvalue weighted by Gasteiger charge is 2.54. The highest BCUT2D eigenvalue weighted by Crippen LogP contribution is 2.41. The van der Waals surface area contributed by atoms with Crippen molar-refractivity contribution in [3.63, 3.8) is 0 Å². The van der Waals surface area contributed by atoms with E-state index in [1.165, 1.54) is 13.3 Å². The van der Waals surface area contributed by atoms with Gasteiger partial charge in [-0.3, -0.25) is 19.0 Å². The van der Waals surface area contributed by atoms with E-state index in [1.807, 2.05) is 46.7 Å². The van der Waals surface area contributed by atoms with Crippen molar-refractivity contribution in [2.75, 3.05) is 21.2 Å². The molecule has 3 fully saturated rings. The largest absolute Gasteiger partial charge is 0.462 e. The molecule has 2 N–H and O–H groups in total. The Labute approximate surface area is 361 Å². The standard InChI is InChI=1S/C43H71N3O13S/c1-15-31-24(4)34(49)25(5)33(48)22(2)19-42(10,51)37(58-40-36(55-29(9)47)30(45(12)13)18-23(3)53-40)26(6)35(27(7)39(50)56-31)57-32-20-43(11,52-14)38(28(8)54-32)59-41(60)46-17-16-44-21-46/h16-17,21-28,30-32,34-38,40,49,51H,15,18-20H2,1-14H3/t22-,23-,24+,25+,26+,27-,28+,30+,31-,32+,34+,35+,36-,37-,38+,40+,42+,43-/m1/s1. The van der Waals surface area contributed by atoms with E-state index in [0.717, 1.165) is 0 Å². The number of carbonyl (C=O) groups is 3. The first-order chi connectivity index (χ1) is 28.0. The van der Waals surface area contributed by atoms with Gasteiger partial charge in [-0.2, -0.15) is 0 Å². The number of carbonyl (C=O) groups excluding carboxylic acids is 3. The lowest BCUT2D eigenvalue weighted by molar-refractivity contribution is -0.317. The second-order valence-electron chi connectivity index (χ2n) is 18.1. The summed E-state index contributed by atoms with van der Waals surface area (Å²) in [5.41, 5.74) is -2.78. The number of aliphatic hydroxyl groups is 2. The van der Waals surface area contributed by atoms with Gasteiger partial charge in [0.05, 0.1) is 48.1 Å². The normalized spacial score (nSPS) is 42.5. The predicted molar refractivity (Wildman–Crippen MR) is 223 cm³/mol. The Bertz CT molecular complexity index is 1600. The maximum absolute atomic E-state index is 14.4. The number of aliphatic hydroxyl groups excluding tert-OH is 1. The molecule has 17 heteroatoms. The Hall–Kier alpha value is -2.61. The van der Waals surface area contributed by atoms with Gasteiger partial charge in [-0.15, -0.1) is 0 Å². The number of likely N-dealkylation sites (N-methyl/N-ethyl adjacent to an activating group) is 1. The van der Waals surface area contributed by atoms with Gasteiger partial charge in [0.25, 0.3) is 5.17 Å². The first-order valence-electron chi connectivity index (χ1n) is 21.3. The first kappa shape index (κ1) is 50.0. The number of thiocarbonyl (C=S) groups is 1. The molecule has 0 radical (unpaired) electrons. The molecule has 60 heavy (non-hydrogen) atoms. The van der Waals surface area contributed by atoms with Gasteiger partial charge in [0, 0.05) is 56.5 Å². The fourth-order valence-electron chi connectivity index (χ4n) is 9.40. The SMILES string of the molecule is CC[C@H]1OC(=O)[C@H](C)[C@@H](O[C@H]2C[C@@](C)(OC)[C@@H](OC(=S)n3ccnc3)[C@H](C)O2)[C@H](C)[C@@H](O[C@@H]2O[C@H](C)C[C@H](N(C)C)[C@H]2OC(C)=O)[C@@](C)(O)C[C@@H](C)C(=O)[C@H](C)[C@@H](O)[C@H]1C. The zero-order chi connectivity index (χ0) is 45.0. The van der Waals surface area contributed by atoms with Crippen LogP contribution in [-0.4, -0.2) is 147 Å². The van der Waals surface area contributed by atoms with Crippen molar-refractivity contribution in [3.8, 4) is 0 Å². The molecule has 1 aromatic rings. The van der Waals surface area contributed by atoms with Crippen LogP contribution in [0.5, 0.6) is 0 Å². The first-order valence-corrected chi connectivity index (χ1v) is 21.7. The number of ether oxygens (including phenoxy) is 8. The number of nitrogens with zero attached hydrogens (tertiary/aromatic N) is 3. The molecule has 3 aliphatic rings. The molecule has 342 valence electrons. The van der Waals surface area contributed by atoms with Crippen LogP contribution >= 0.6 is 12.2 Å². The highest BCUT2D eigenvalue weighted by molar-refractivity contribution is 7.80. The molecule has 18 atom stereocenters. The molecule has 0 aromatic carbocycles. The molecule has 1 aromatic heterocycles. The van der Waals surface area contributed by atoms with E-state index in [0.29, 0.717) is 12.8 Å². The predicted octanol–water partition coefficient (Wildman–Crippen LogP) is 4.30. The highest BCUT2D eigenvalue weighted by atomic mass is 32.1.